The number of benzene rings is 2. The number of ether oxygens (including phenoxy) is 1. The van der Waals surface area contributed by atoms with Crippen molar-refractivity contribution in [2.75, 3.05) is 26.2 Å². The highest BCUT2D eigenvalue weighted by atomic mass is 35.5. The van der Waals surface area contributed by atoms with Crippen LogP contribution in [0.25, 0.3) is 0 Å². The van der Waals surface area contributed by atoms with Crippen LogP contribution in [0.4, 0.5) is 0 Å². The molecule has 320 valence electrons. The second-order valence-electron chi connectivity index (χ2n) is 19.1. The van der Waals surface area contributed by atoms with Crippen LogP contribution in [-0.4, -0.2) is 99.5 Å². The molecule has 7 aliphatic rings. The summed E-state index contributed by atoms with van der Waals surface area (Å²) in [7, 11) is 0. The van der Waals surface area contributed by atoms with Gasteiger partial charge in [-0.3, -0.25) is 39.1 Å². The van der Waals surface area contributed by atoms with Crippen molar-refractivity contribution in [2.24, 2.45) is 16.7 Å². The summed E-state index contributed by atoms with van der Waals surface area (Å²) in [4.78, 5) is 72.9. The van der Waals surface area contributed by atoms with Crippen LogP contribution in [-0.2, 0) is 25.7 Å². The highest BCUT2D eigenvalue weighted by Crippen LogP contribution is 2.59. The number of nitriles is 1. The molecule has 2 aromatic carbocycles. The Bertz CT molecular complexity index is 2510. The van der Waals surface area contributed by atoms with Crippen molar-refractivity contribution in [3.63, 3.8) is 0 Å². The number of carbonyl (C=O) groups excluding carboxylic acids is 5. The Morgan fingerprint density at radius 1 is 0.871 bits per heavy atom. The Kier molecular flexibility index (Phi) is 10.5. The number of halogens is 1. The maximum atomic E-state index is 13.9. The fraction of sp³-hybridized carbons (Fsp3) is 0.469. The van der Waals surface area contributed by atoms with E-state index < -0.39 is 23.8 Å². The van der Waals surface area contributed by atoms with Crippen molar-refractivity contribution >= 4 is 41.1 Å². The van der Waals surface area contributed by atoms with Crippen molar-refractivity contribution < 1.29 is 28.7 Å². The van der Waals surface area contributed by atoms with E-state index in [4.69, 9.17) is 16.3 Å². The van der Waals surface area contributed by atoms with E-state index in [0.29, 0.717) is 58.8 Å². The number of amides is 5. The number of nitrogens with one attached hydrogen (secondary N) is 1. The molecule has 0 bridgehead atoms. The molecular formula is C49H51ClN6O6. The van der Waals surface area contributed by atoms with Crippen LogP contribution in [0.5, 0.6) is 5.75 Å². The lowest BCUT2D eigenvalue weighted by molar-refractivity contribution is -0.199. The van der Waals surface area contributed by atoms with Gasteiger partial charge in [-0.1, -0.05) is 51.1 Å². The number of imide groups is 2. The van der Waals surface area contributed by atoms with E-state index in [9.17, 15) is 29.2 Å². The van der Waals surface area contributed by atoms with Gasteiger partial charge in [0.05, 0.1) is 10.6 Å². The number of hydrogen-bond donors (Lipinski definition) is 1. The molecule has 9 rings (SSSR count). The minimum atomic E-state index is -0.967. The van der Waals surface area contributed by atoms with Gasteiger partial charge in [0.2, 0.25) is 11.8 Å². The van der Waals surface area contributed by atoms with E-state index >= 15 is 0 Å². The lowest BCUT2D eigenvalue weighted by atomic mass is 9.49. The number of fused-ring (bicyclic) bond motifs is 1. The van der Waals surface area contributed by atoms with Crippen LogP contribution in [0.3, 0.4) is 0 Å². The zero-order chi connectivity index (χ0) is 43.8. The van der Waals surface area contributed by atoms with Crippen LogP contribution < -0.4 is 10.1 Å². The summed E-state index contributed by atoms with van der Waals surface area (Å²) in [6.07, 6.45) is 6.78. The predicted molar refractivity (Wildman–Crippen MR) is 231 cm³/mol. The van der Waals surface area contributed by atoms with E-state index in [-0.39, 0.29) is 47.6 Å². The number of piperidine rings is 2. The molecule has 0 radical (unpaired) electrons. The highest BCUT2D eigenvalue weighted by molar-refractivity contribution is 6.31. The third kappa shape index (κ3) is 7.02. The zero-order valence-electron chi connectivity index (χ0n) is 35.8. The highest BCUT2D eigenvalue weighted by Gasteiger charge is 2.67. The molecule has 1 unspecified atom stereocenters. The molecule has 2 aliphatic carbocycles. The van der Waals surface area contributed by atoms with Crippen molar-refractivity contribution in [1.82, 2.24) is 24.9 Å². The van der Waals surface area contributed by atoms with Crippen molar-refractivity contribution in [1.29, 1.82) is 5.26 Å². The summed E-state index contributed by atoms with van der Waals surface area (Å²) in [5.41, 5.74) is 5.39. The summed E-state index contributed by atoms with van der Waals surface area (Å²) in [5.74, 6) is 6.04. The lowest BCUT2D eigenvalue weighted by Crippen LogP contribution is -2.74. The van der Waals surface area contributed by atoms with Crippen LogP contribution >= 0.6 is 11.6 Å². The molecule has 13 heteroatoms. The maximum absolute atomic E-state index is 13.9. The van der Waals surface area contributed by atoms with Gasteiger partial charge in [0.1, 0.15) is 24.0 Å². The molecule has 1 saturated carbocycles. The van der Waals surface area contributed by atoms with E-state index in [0.717, 1.165) is 71.9 Å². The minimum absolute atomic E-state index is 0.0368. The second-order valence-corrected chi connectivity index (χ2v) is 19.5. The number of likely N-dealkylation sites (tertiary alicyclic amines) is 2. The quantitative estimate of drug-likeness (QED) is 0.278. The molecular weight excluding hydrogens is 804 g/mol. The molecule has 0 spiro atoms. The Morgan fingerprint density at radius 2 is 1.61 bits per heavy atom. The summed E-state index contributed by atoms with van der Waals surface area (Å²) in [5, 5.41) is 11.9. The van der Waals surface area contributed by atoms with Gasteiger partial charge in [-0.25, -0.2) is 0 Å². The monoisotopic (exact) mass is 854 g/mol. The number of carbonyl (C=O) groups is 5. The van der Waals surface area contributed by atoms with Gasteiger partial charge in [-0.2, -0.15) is 5.26 Å². The van der Waals surface area contributed by atoms with Gasteiger partial charge in [-0.15, -0.1) is 0 Å². The molecule has 0 aromatic heterocycles. The normalized spacial score (nSPS) is 27.9. The Labute approximate surface area is 367 Å². The molecule has 5 heterocycles. The minimum Gasteiger partial charge on any atom is -0.489 e. The molecule has 5 aliphatic heterocycles. The average molecular weight is 855 g/mol. The Hall–Kier alpha value is -5.69. The summed E-state index contributed by atoms with van der Waals surface area (Å²) < 4.78 is 6.49. The van der Waals surface area contributed by atoms with E-state index in [1.807, 2.05) is 23.1 Å². The van der Waals surface area contributed by atoms with E-state index in [1.165, 1.54) is 0 Å². The van der Waals surface area contributed by atoms with Crippen molar-refractivity contribution in [2.45, 2.75) is 104 Å². The first-order valence-electron chi connectivity index (χ1n) is 21.7. The van der Waals surface area contributed by atoms with Crippen molar-refractivity contribution in [3.8, 4) is 23.7 Å². The SMILES string of the molecule is C/C1=C(N2CC(N3CCC(C#Cc4ccc5c(c4)CN(C4C(C)(C)C(Oc6ccc(C#N)c(Cl)c6)C4(C)C)C5=O)CC3)C2)/C=C\C2=C(CC1)C(=O)N(C1CCC(=O)NC1=O)C2=O. The Balaban J connectivity index is 0.774. The smallest absolute Gasteiger partial charge is 0.261 e. The largest absolute Gasteiger partial charge is 0.489 e. The number of rotatable bonds is 6. The van der Waals surface area contributed by atoms with Crippen LogP contribution in [0.2, 0.25) is 5.02 Å². The standard InChI is InChI=1S/C49H51ClN6O6/c1-28-6-12-36-37(45(61)56(44(36)60)40-16-17-41(57)52-42(40)58)14-15-39(28)54-26-33(27-54)53-20-18-29(19-21-53)7-8-30-9-13-35-32(22-30)25-55(43(35)59)46-48(2,3)47(49(46,4)5)62-34-11-10-31(24-51)38(50)23-34/h9-11,13-15,22-23,29,33,40,46-47H,6,12,16-21,25-27H2,1-5H3,(H,52,57,58)/b15-14-,39-28+. The number of nitrogens with zero attached hydrogens (tertiary/aromatic N) is 5. The average Bonchev–Trinajstić information content (AvgIpc) is 3.64. The van der Waals surface area contributed by atoms with Gasteiger partial charge in [0.25, 0.3) is 17.7 Å². The predicted octanol–water partition coefficient (Wildman–Crippen LogP) is 5.89. The second kappa shape index (κ2) is 15.6. The molecule has 1 N–H and O–H groups in total. The third-order valence-corrected chi connectivity index (χ3v) is 14.7. The summed E-state index contributed by atoms with van der Waals surface area (Å²) >= 11 is 6.30. The molecule has 2 aromatic rings. The number of allylic oxidation sites excluding steroid dienone is 2. The van der Waals surface area contributed by atoms with Crippen LogP contribution in [0.1, 0.15) is 100 Å². The fourth-order valence-electron chi connectivity index (χ4n) is 11.5. The molecule has 5 amide bonds. The molecule has 62 heavy (non-hydrogen) atoms. The number of hydrogen-bond acceptors (Lipinski definition) is 9. The van der Waals surface area contributed by atoms with Crippen LogP contribution in [0.15, 0.2) is 71.0 Å². The van der Waals surface area contributed by atoms with Crippen molar-refractivity contribution in [3.05, 3.63) is 98.2 Å². The lowest BCUT2D eigenvalue weighted by Gasteiger charge is -2.65. The molecule has 3 saturated heterocycles. The van der Waals surface area contributed by atoms with Gasteiger partial charge in [-0.05, 0) is 106 Å². The third-order valence-electron chi connectivity index (χ3n) is 14.4. The first kappa shape index (κ1) is 41.7. The van der Waals surface area contributed by atoms with Gasteiger partial charge in [0.15, 0.2) is 0 Å². The topological polar surface area (TPSA) is 143 Å². The summed E-state index contributed by atoms with van der Waals surface area (Å²) in [6, 6.07) is 12.6. The Morgan fingerprint density at radius 3 is 2.31 bits per heavy atom. The maximum Gasteiger partial charge on any atom is 0.261 e. The molecule has 4 fully saturated rings. The summed E-state index contributed by atoms with van der Waals surface area (Å²) in [6.45, 7) is 14.9. The zero-order valence-corrected chi connectivity index (χ0v) is 36.6. The molecule has 12 nitrogen and oxygen atoms in total. The van der Waals surface area contributed by atoms with E-state index in [2.05, 4.69) is 73.7 Å². The van der Waals surface area contributed by atoms with Gasteiger partial charge < -0.3 is 14.5 Å². The van der Waals surface area contributed by atoms with Gasteiger partial charge in [0, 0.05) is 88.9 Å². The van der Waals surface area contributed by atoms with E-state index in [1.54, 1.807) is 24.3 Å². The first-order chi connectivity index (χ1) is 29.6. The first-order valence-corrected chi connectivity index (χ1v) is 22.1. The molecule has 1 atom stereocenters. The fourth-order valence-corrected chi connectivity index (χ4v) is 11.7. The van der Waals surface area contributed by atoms with Crippen LogP contribution in [0, 0.1) is 39.9 Å². The van der Waals surface area contributed by atoms with Gasteiger partial charge >= 0.3 is 0 Å².